The number of aliphatic hydroxyl groups excluding tert-OH is 1. The van der Waals surface area contributed by atoms with Crippen LogP contribution in [0.3, 0.4) is 0 Å². The summed E-state index contributed by atoms with van der Waals surface area (Å²) >= 11 is 0. The van der Waals surface area contributed by atoms with Crippen molar-refractivity contribution in [3.63, 3.8) is 0 Å². The number of amides is 1. The highest BCUT2D eigenvalue weighted by molar-refractivity contribution is 5.97. The van der Waals surface area contributed by atoms with Crippen LogP contribution in [-0.2, 0) is 6.42 Å². The van der Waals surface area contributed by atoms with Crippen LogP contribution in [0.4, 0.5) is 13.2 Å². The summed E-state index contributed by atoms with van der Waals surface area (Å²) in [6.07, 6.45) is -5.52. The van der Waals surface area contributed by atoms with Gasteiger partial charge in [-0.1, -0.05) is 18.2 Å². The number of rotatable bonds is 6. The molecule has 0 spiro atoms. The molecule has 198 valence electrons. The van der Waals surface area contributed by atoms with Crippen molar-refractivity contribution in [2.24, 2.45) is 0 Å². The number of carbonyl (C=O) groups excluding carboxylic acids is 1. The standard InChI is InChI=1S/C29H27F3N2O4/c1-37-25-9-7-19(14-26(25)38-2)27-23(15-29(30,31)32)22-13-18(6-8-24(22)33-27)17-4-3-5-20(12-17)28(36)34-11-10-21(35)16-34/h3-9,12-14,21,33,35H,10-11,15-16H2,1-2H3/t21-/m1/s1. The van der Waals surface area contributed by atoms with Crippen LogP contribution in [0.1, 0.15) is 22.3 Å². The number of methoxy groups -OCH3 is 2. The molecule has 1 aliphatic rings. The molecule has 0 unspecified atom stereocenters. The van der Waals surface area contributed by atoms with Gasteiger partial charge in [0.05, 0.1) is 32.4 Å². The molecule has 2 N–H and O–H groups in total. The van der Waals surface area contributed by atoms with E-state index in [2.05, 4.69) is 4.98 Å². The lowest BCUT2D eigenvalue weighted by Crippen LogP contribution is -2.29. The third kappa shape index (κ3) is 5.06. The fourth-order valence-corrected chi connectivity index (χ4v) is 4.99. The number of halogens is 3. The molecule has 0 bridgehead atoms. The van der Waals surface area contributed by atoms with Crippen molar-refractivity contribution in [2.75, 3.05) is 27.3 Å². The van der Waals surface area contributed by atoms with Gasteiger partial charge in [-0.25, -0.2) is 0 Å². The summed E-state index contributed by atoms with van der Waals surface area (Å²) in [6, 6.07) is 17.3. The SMILES string of the molecule is COc1ccc(-c2[nH]c3ccc(-c4cccc(C(=O)N5CC[C@@H](O)C5)c4)cc3c2CC(F)(F)F)cc1OC. The summed E-state index contributed by atoms with van der Waals surface area (Å²) < 4.78 is 51.8. The number of ether oxygens (including phenoxy) is 2. The zero-order valence-corrected chi connectivity index (χ0v) is 20.9. The predicted molar refractivity (Wildman–Crippen MR) is 139 cm³/mol. The van der Waals surface area contributed by atoms with Crippen molar-refractivity contribution >= 4 is 16.8 Å². The zero-order valence-electron chi connectivity index (χ0n) is 20.9. The number of aromatic amines is 1. The number of aromatic nitrogens is 1. The first-order valence-electron chi connectivity index (χ1n) is 12.2. The van der Waals surface area contributed by atoms with Gasteiger partial charge >= 0.3 is 6.18 Å². The molecule has 4 aromatic rings. The number of aliphatic hydroxyl groups is 1. The summed E-state index contributed by atoms with van der Waals surface area (Å²) in [5.41, 5.74) is 3.45. The fraction of sp³-hybridized carbons (Fsp3) is 0.276. The Bertz CT molecular complexity index is 1500. The number of likely N-dealkylation sites (tertiary alicyclic amines) is 1. The topological polar surface area (TPSA) is 74.8 Å². The van der Waals surface area contributed by atoms with Gasteiger partial charge in [0.2, 0.25) is 0 Å². The number of fused-ring (bicyclic) bond motifs is 1. The number of benzene rings is 3. The van der Waals surface area contributed by atoms with Crippen molar-refractivity contribution in [2.45, 2.75) is 25.1 Å². The van der Waals surface area contributed by atoms with Crippen LogP contribution in [0.2, 0.25) is 0 Å². The number of H-pyrrole nitrogens is 1. The molecule has 3 aromatic carbocycles. The fourth-order valence-electron chi connectivity index (χ4n) is 4.99. The molecule has 9 heteroatoms. The monoisotopic (exact) mass is 524 g/mol. The van der Waals surface area contributed by atoms with Crippen molar-refractivity contribution < 1.29 is 32.5 Å². The summed E-state index contributed by atoms with van der Waals surface area (Å²) in [5.74, 6) is 0.707. The van der Waals surface area contributed by atoms with Crippen LogP contribution in [0.15, 0.2) is 60.7 Å². The first-order valence-corrected chi connectivity index (χ1v) is 12.2. The van der Waals surface area contributed by atoms with E-state index in [1.54, 1.807) is 53.4 Å². The van der Waals surface area contributed by atoms with E-state index in [1.807, 2.05) is 12.1 Å². The van der Waals surface area contributed by atoms with E-state index >= 15 is 0 Å². The minimum atomic E-state index is -4.43. The van der Waals surface area contributed by atoms with Gasteiger partial charge in [-0.2, -0.15) is 13.2 Å². The van der Waals surface area contributed by atoms with E-state index in [1.165, 1.54) is 14.2 Å². The lowest BCUT2D eigenvalue weighted by molar-refractivity contribution is -0.126. The number of β-amino-alcohol motifs (C(OH)–C–C–N with tert-alkyl or cyclic N) is 1. The molecule has 1 amide bonds. The van der Waals surface area contributed by atoms with Gasteiger partial charge in [-0.05, 0) is 65.6 Å². The highest BCUT2D eigenvalue weighted by Gasteiger charge is 2.31. The molecular weight excluding hydrogens is 497 g/mol. The average molecular weight is 525 g/mol. The van der Waals surface area contributed by atoms with E-state index in [0.29, 0.717) is 63.3 Å². The Morgan fingerprint density at radius 3 is 2.42 bits per heavy atom. The Labute approximate surface area is 217 Å². The van der Waals surface area contributed by atoms with E-state index in [9.17, 15) is 23.1 Å². The second kappa shape index (κ2) is 10.1. The number of alkyl halides is 3. The number of carbonyl (C=O) groups is 1. The quantitative estimate of drug-likeness (QED) is 0.333. The van der Waals surface area contributed by atoms with Crippen molar-refractivity contribution in [1.29, 1.82) is 0 Å². The van der Waals surface area contributed by atoms with E-state index in [4.69, 9.17) is 9.47 Å². The molecule has 1 aromatic heterocycles. The molecule has 1 aliphatic heterocycles. The predicted octanol–water partition coefficient (Wildman–Crippen LogP) is 5.83. The van der Waals surface area contributed by atoms with Gasteiger partial charge < -0.3 is 24.5 Å². The van der Waals surface area contributed by atoms with Gasteiger partial charge in [-0.3, -0.25) is 4.79 Å². The Balaban J connectivity index is 1.58. The minimum Gasteiger partial charge on any atom is -0.493 e. The normalized spacial score (nSPS) is 15.7. The first kappa shape index (κ1) is 25.7. The maximum absolute atomic E-state index is 13.7. The van der Waals surface area contributed by atoms with Crippen LogP contribution >= 0.6 is 0 Å². The minimum absolute atomic E-state index is 0.125. The number of hydrogen-bond donors (Lipinski definition) is 2. The van der Waals surface area contributed by atoms with Crippen molar-refractivity contribution in [3.05, 3.63) is 71.8 Å². The van der Waals surface area contributed by atoms with Gasteiger partial charge in [0.1, 0.15) is 0 Å². The van der Waals surface area contributed by atoms with Crippen LogP contribution in [-0.4, -0.2) is 60.5 Å². The van der Waals surface area contributed by atoms with E-state index in [-0.39, 0.29) is 18.0 Å². The van der Waals surface area contributed by atoms with Crippen LogP contribution in [0.25, 0.3) is 33.3 Å². The molecule has 0 saturated carbocycles. The summed E-state index contributed by atoms with van der Waals surface area (Å²) in [6.45, 7) is 0.775. The van der Waals surface area contributed by atoms with Gasteiger partial charge in [-0.15, -0.1) is 0 Å². The molecule has 6 nitrogen and oxygen atoms in total. The molecule has 0 radical (unpaired) electrons. The Hall–Kier alpha value is -3.98. The molecule has 2 heterocycles. The Morgan fingerprint density at radius 1 is 1.00 bits per heavy atom. The maximum Gasteiger partial charge on any atom is 0.393 e. The Morgan fingerprint density at radius 2 is 1.74 bits per heavy atom. The lowest BCUT2D eigenvalue weighted by Gasteiger charge is -2.16. The molecule has 1 atom stereocenters. The molecule has 1 fully saturated rings. The third-order valence-corrected chi connectivity index (χ3v) is 6.85. The largest absolute Gasteiger partial charge is 0.493 e. The third-order valence-electron chi connectivity index (χ3n) is 6.85. The van der Waals surface area contributed by atoms with Crippen LogP contribution in [0.5, 0.6) is 11.5 Å². The smallest absolute Gasteiger partial charge is 0.393 e. The molecular formula is C29H27F3N2O4. The second-order valence-electron chi connectivity index (χ2n) is 9.38. The van der Waals surface area contributed by atoms with E-state index in [0.717, 1.165) is 0 Å². The zero-order chi connectivity index (χ0) is 27.0. The van der Waals surface area contributed by atoms with Gasteiger partial charge in [0.15, 0.2) is 11.5 Å². The molecule has 38 heavy (non-hydrogen) atoms. The van der Waals surface area contributed by atoms with Gasteiger partial charge in [0.25, 0.3) is 5.91 Å². The van der Waals surface area contributed by atoms with Crippen molar-refractivity contribution in [3.8, 4) is 33.9 Å². The summed E-state index contributed by atoms with van der Waals surface area (Å²) in [7, 11) is 2.97. The molecule has 0 aliphatic carbocycles. The molecule has 1 saturated heterocycles. The first-order chi connectivity index (χ1) is 18.2. The summed E-state index contributed by atoms with van der Waals surface area (Å²) in [4.78, 5) is 17.7. The number of nitrogens with one attached hydrogen (secondary N) is 1. The van der Waals surface area contributed by atoms with Crippen LogP contribution < -0.4 is 9.47 Å². The van der Waals surface area contributed by atoms with E-state index < -0.39 is 18.7 Å². The highest BCUT2D eigenvalue weighted by atomic mass is 19.4. The maximum atomic E-state index is 13.7. The van der Waals surface area contributed by atoms with Gasteiger partial charge in [0, 0.05) is 35.1 Å². The molecule has 5 rings (SSSR count). The van der Waals surface area contributed by atoms with Crippen LogP contribution in [0, 0.1) is 0 Å². The number of nitrogens with zero attached hydrogens (tertiary/aromatic N) is 1. The van der Waals surface area contributed by atoms with Crippen molar-refractivity contribution in [1.82, 2.24) is 9.88 Å². The average Bonchev–Trinajstić information content (AvgIpc) is 3.50. The summed E-state index contributed by atoms with van der Waals surface area (Å²) in [5, 5.41) is 10.2. The number of hydrogen-bond acceptors (Lipinski definition) is 4. The lowest BCUT2D eigenvalue weighted by atomic mass is 9.97. The highest BCUT2D eigenvalue weighted by Crippen LogP contribution is 2.39. The second-order valence-corrected chi connectivity index (χ2v) is 9.38. The Kier molecular flexibility index (Phi) is 6.79.